The predicted octanol–water partition coefficient (Wildman–Crippen LogP) is 5.59. The fourth-order valence-electron chi connectivity index (χ4n) is 3.24. The molecule has 25 heavy (non-hydrogen) atoms. The van der Waals surface area contributed by atoms with Gasteiger partial charge in [-0.25, -0.2) is 0 Å². The van der Waals surface area contributed by atoms with E-state index < -0.39 is 0 Å². The van der Waals surface area contributed by atoms with E-state index in [-0.39, 0.29) is 6.29 Å². The first kappa shape index (κ1) is 17.9. The summed E-state index contributed by atoms with van der Waals surface area (Å²) < 4.78 is 12.0. The third-order valence-electron chi connectivity index (χ3n) is 4.78. The maximum Gasteiger partial charge on any atom is 0.183 e. The van der Waals surface area contributed by atoms with Crippen LogP contribution in [-0.2, 0) is 22.3 Å². The standard InChI is InChI=1S/C23H28O2/c1-3-5-7-19-10-14-21(15-11-19)23-24-16-22(17-25-23)20-12-8-18(6-4-2)9-13-20/h3,8-15,22-23H,1,4-7,16-17H2,2H3. The molecule has 1 aliphatic rings. The van der Waals surface area contributed by atoms with Crippen molar-refractivity contribution in [3.8, 4) is 0 Å². The third-order valence-corrected chi connectivity index (χ3v) is 4.78. The van der Waals surface area contributed by atoms with Crippen LogP contribution in [0.5, 0.6) is 0 Å². The van der Waals surface area contributed by atoms with Gasteiger partial charge in [0.1, 0.15) is 0 Å². The lowest BCUT2D eigenvalue weighted by Gasteiger charge is -2.30. The van der Waals surface area contributed by atoms with Gasteiger partial charge in [0.25, 0.3) is 0 Å². The van der Waals surface area contributed by atoms with E-state index in [0.29, 0.717) is 19.1 Å². The van der Waals surface area contributed by atoms with Crippen LogP contribution in [0.4, 0.5) is 0 Å². The third kappa shape index (κ3) is 4.81. The van der Waals surface area contributed by atoms with Gasteiger partial charge in [-0.3, -0.25) is 0 Å². The first-order chi connectivity index (χ1) is 12.3. The van der Waals surface area contributed by atoms with E-state index in [1.165, 1.54) is 23.1 Å². The van der Waals surface area contributed by atoms with E-state index >= 15 is 0 Å². The summed E-state index contributed by atoms with van der Waals surface area (Å²) in [4.78, 5) is 0. The molecule has 0 spiro atoms. The second kappa shape index (κ2) is 8.98. The van der Waals surface area contributed by atoms with Gasteiger partial charge in [-0.05, 0) is 36.0 Å². The molecule has 0 aliphatic carbocycles. The lowest BCUT2D eigenvalue weighted by Crippen LogP contribution is -2.25. The first-order valence-electron chi connectivity index (χ1n) is 9.32. The molecule has 2 aromatic carbocycles. The fourth-order valence-corrected chi connectivity index (χ4v) is 3.24. The molecule has 1 fully saturated rings. The Labute approximate surface area is 151 Å². The van der Waals surface area contributed by atoms with Gasteiger partial charge in [0.05, 0.1) is 13.2 Å². The van der Waals surface area contributed by atoms with Crippen LogP contribution in [0, 0.1) is 0 Å². The number of allylic oxidation sites excluding steroid dienone is 1. The molecule has 0 radical (unpaired) electrons. The summed E-state index contributed by atoms with van der Waals surface area (Å²) in [5.74, 6) is 0.318. The highest BCUT2D eigenvalue weighted by atomic mass is 16.7. The van der Waals surface area contributed by atoms with Gasteiger partial charge in [-0.2, -0.15) is 0 Å². The van der Waals surface area contributed by atoms with Crippen molar-refractivity contribution < 1.29 is 9.47 Å². The van der Waals surface area contributed by atoms with E-state index in [4.69, 9.17) is 9.47 Å². The average molecular weight is 336 g/mol. The highest BCUT2D eigenvalue weighted by Gasteiger charge is 2.24. The van der Waals surface area contributed by atoms with Crippen LogP contribution < -0.4 is 0 Å². The van der Waals surface area contributed by atoms with Crippen LogP contribution in [0.15, 0.2) is 61.2 Å². The number of hydrogen-bond donors (Lipinski definition) is 0. The van der Waals surface area contributed by atoms with Gasteiger partial charge < -0.3 is 9.47 Å². The van der Waals surface area contributed by atoms with Crippen molar-refractivity contribution >= 4 is 0 Å². The molecule has 132 valence electrons. The van der Waals surface area contributed by atoms with Crippen LogP contribution in [0.1, 0.15) is 54.2 Å². The molecule has 2 nitrogen and oxygen atoms in total. The monoisotopic (exact) mass is 336 g/mol. The Morgan fingerprint density at radius 2 is 1.44 bits per heavy atom. The van der Waals surface area contributed by atoms with Gasteiger partial charge in [0, 0.05) is 11.5 Å². The lowest BCUT2D eigenvalue weighted by atomic mass is 9.97. The van der Waals surface area contributed by atoms with Crippen molar-refractivity contribution in [3.63, 3.8) is 0 Å². The molecule has 0 unspecified atom stereocenters. The summed E-state index contributed by atoms with van der Waals surface area (Å²) in [6.07, 6.45) is 6.08. The Bertz CT molecular complexity index is 649. The van der Waals surface area contributed by atoms with E-state index in [1.54, 1.807) is 0 Å². The molecule has 0 saturated carbocycles. The van der Waals surface area contributed by atoms with Crippen molar-refractivity contribution in [1.82, 2.24) is 0 Å². The number of rotatable bonds is 7. The first-order valence-corrected chi connectivity index (χ1v) is 9.32. The Morgan fingerprint density at radius 3 is 2.00 bits per heavy atom. The topological polar surface area (TPSA) is 18.5 Å². The van der Waals surface area contributed by atoms with Crippen molar-refractivity contribution in [2.45, 2.75) is 44.8 Å². The van der Waals surface area contributed by atoms with E-state index in [1.807, 2.05) is 6.08 Å². The van der Waals surface area contributed by atoms with E-state index in [2.05, 4.69) is 62.0 Å². The average Bonchev–Trinajstić information content (AvgIpc) is 2.68. The maximum absolute atomic E-state index is 5.99. The molecule has 3 rings (SSSR count). The number of benzene rings is 2. The molecule has 0 N–H and O–H groups in total. The van der Waals surface area contributed by atoms with E-state index in [9.17, 15) is 0 Å². The van der Waals surface area contributed by atoms with Crippen LogP contribution in [0.3, 0.4) is 0 Å². The van der Waals surface area contributed by atoms with Crippen LogP contribution in [-0.4, -0.2) is 13.2 Å². The predicted molar refractivity (Wildman–Crippen MR) is 103 cm³/mol. The van der Waals surface area contributed by atoms with Gasteiger partial charge in [0.2, 0.25) is 0 Å². The summed E-state index contributed by atoms with van der Waals surface area (Å²) in [7, 11) is 0. The molecule has 0 aromatic heterocycles. The fraction of sp³-hybridized carbons (Fsp3) is 0.391. The molecule has 1 aliphatic heterocycles. The van der Waals surface area contributed by atoms with Crippen molar-refractivity contribution in [2.75, 3.05) is 13.2 Å². The molecule has 2 aromatic rings. The normalized spacial score (nSPS) is 20.4. The molecule has 0 bridgehead atoms. The summed E-state index contributed by atoms with van der Waals surface area (Å²) in [6, 6.07) is 17.4. The van der Waals surface area contributed by atoms with Gasteiger partial charge >= 0.3 is 0 Å². The van der Waals surface area contributed by atoms with Gasteiger partial charge in [-0.15, -0.1) is 6.58 Å². The maximum atomic E-state index is 5.99. The summed E-state index contributed by atoms with van der Waals surface area (Å²) >= 11 is 0. The molecule has 0 amide bonds. The Balaban J connectivity index is 1.55. The summed E-state index contributed by atoms with van der Waals surface area (Å²) in [6.45, 7) is 7.39. The zero-order valence-corrected chi connectivity index (χ0v) is 15.1. The Morgan fingerprint density at radius 1 is 0.880 bits per heavy atom. The molecular weight excluding hydrogens is 308 g/mol. The Hall–Kier alpha value is -1.90. The minimum absolute atomic E-state index is 0.246. The highest BCUT2D eigenvalue weighted by molar-refractivity contribution is 5.27. The number of hydrogen-bond acceptors (Lipinski definition) is 2. The molecule has 2 heteroatoms. The zero-order chi connectivity index (χ0) is 17.5. The van der Waals surface area contributed by atoms with Crippen molar-refractivity contribution in [1.29, 1.82) is 0 Å². The number of ether oxygens (including phenoxy) is 2. The minimum atomic E-state index is -0.246. The van der Waals surface area contributed by atoms with Crippen LogP contribution >= 0.6 is 0 Å². The largest absolute Gasteiger partial charge is 0.348 e. The summed E-state index contributed by atoms with van der Waals surface area (Å²) in [5.41, 5.74) is 5.12. The molecule has 0 atom stereocenters. The minimum Gasteiger partial charge on any atom is -0.348 e. The smallest absolute Gasteiger partial charge is 0.183 e. The van der Waals surface area contributed by atoms with Gasteiger partial charge in [-0.1, -0.05) is 68.0 Å². The summed E-state index contributed by atoms with van der Waals surface area (Å²) in [5, 5.41) is 0. The Kier molecular flexibility index (Phi) is 6.43. The van der Waals surface area contributed by atoms with E-state index in [0.717, 1.165) is 24.8 Å². The molecule has 1 heterocycles. The lowest BCUT2D eigenvalue weighted by molar-refractivity contribution is -0.191. The second-order valence-electron chi connectivity index (χ2n) is 6.76. The highest BCUT2D eigenvalue weighted by Crippen LogP contribution is 2.30. The zero-order valence-electron chi connectivity index (χ0n) is 15.1. The number of aryl methyl sites for hydroxylation is 2. The second-order valence-corrected chi connectivity index (χ2v) is 6.76. The van der Waals surface area contributed by atoms with Crippen LogP contribution in [0.25, 0.3) is 0 Å². The molecular formula is C23H28O2. The quantitative estimate of drug-likeness (QED) is 0.614. The van der Waals surface area contributed by atoms with Crippen molar-refractivity contribution in [2.24, 2.45) is 0 Å². The SMILES string of the molecule is C=CCCc1ccc(C2OCC(c3ccc(CCC)cc3)CO2)cc1. The van der Waals surface area contributed by atoms with Crippen LogP contribution in [0.2, 0.25) is 0 Å². The van der Waals surface area contributed by atoms with Crippen molar-refractivity contribution in [3.05, 3.63) is 83.4 Å². The molecule has 1 saturated heterocycles. The van der Waals surface area contributed by atoms with Gasteiger partial charge in [0.15, 0.2) is 6.29 Å².